The summed E-state index contributed by atoms with van der Waals surface area (Å²) in [6.45, 7) is 1.80. The van der Waals surface area contributed by atoms with Gasteiger partial charge in [-0.25, -0.2) is 0 Å². The monoisotopic (exact) mass is 272 g/mol. The maximum Gasteiger partial charge on any atom is 0.249 e. The van der Waals surface area contributed by atoms with Crippen LogP contribution >= 0.6 is 23.1 Å². The number of anilines is 1. The molecule has 0 radical (unpaired) electrons. The molecule has 1 aromatic rings. The van der Waals surface area contributed by atoms with Gasteiger partial charge in [0, 0.05) is 12.2 Å². The molecule has 0 spiro atoms. The lowest BCUT2D eigenvalue weighted by Crippen LogP contribution is -2.44. The number of rotatable bonds is 3. The molecule has 0 bridgehead atoms. The Kier molecular flexibility index (Phi) is 3.95. The third kappa shape index (κ3) is 2.75. The lowest BCUT2D eigenvalue weighted by molar-refractivity contribution is -0.135. The Morgan fingerprint density at radius 2 is 2.47 bits per heavy atom. The van der Waals surface area contributed by atoms with E-state index in [9.17, 15) is 9.59 Å². The second-order valence-corrected chi connectivity index (χ2v) is 5.30. The minimum absolute atomic E-state index is 0.00686. The Labute approximate surface area is 107 Å². The molecule has 2 rings (SSSR count). The molecular weight excluding hydrogens is 260 g/mol. The number of nitrogens with zero attached hydrogens (tertiary/aromatic N) is 3. The minimum atomic E-state index is -0.392. The van der Waals surface area contributed by atoms with Gasteiger partial charge in [-0.2, -0.15) is 0 Å². The van der Waals surface area contributed by atoms with Crippen LogP contribution in [0.3, 0.4) is 0 Å². The molecule has 2 heterocycles. The molecule has 1 fully saturated rings. The predicted molar refractivity (Wildman–Crippen MR) is 66.8 cm³/mol. The van der Waals surface area contributed by atoms with E-state index in [0.29, 0.717) is 23.2 Å². The largest absolute Gasteiger partial charge is 0.321 e. The predicted octanol–water partition coefficient (Wildman–Crippen LogP) is 0.788. The van der Waals surface area contributed by atoms with E-state index in [1.165, 1.54) is 11.3 Å². The van der Waals surface area contributed by atoms with Crippen molar-refractivity contribution in [3.05, 3.63) is 5.51 Å². The summed E-state index contributed by atoms with van der Waals surface area (Å²) in [5.74, 6) is 1.04. The molecule has 0 aromatic carbocycles. The van der Waals surface area contributed by atoms with Crippen LogP contribution in [0.15, 0.2) is 5.51 Å². The summed E-state index contributed by atoms with van der Waals surface area (Å²) >= 11 is 2.85. The number of hydrogen-bond donors (Lipinski definition) is 1. The van der Waals surface area contributed by atoms with Crippen molar-refractivity contribution in [1.82, 2.24) is 15.1 Å². The first-order chi connectivity index (χ1) is 8.22. The number of nitrogens with one attached hydrogen (secondary N) is 1. The highest BCUT2D eigenvalue weighted by Gasteiger charge is 2.34. The van der Waals surface area contributed by atoms with Gasteiger partial charge in [-0.15, -0.1) is 22.0 Å². The second-order valence-electron chi connectivity index (χ2n) is 3.47. The molecule has 2 amide bonds. The van der Waals surface area contributed by atoms with Crippen LogP contribution in [0, 0.1) is 0 Å². The summed E-state index contributed by atoms with van der Waals surface area (Å²) in [4.78, 5) is 25.2. The van der Waals surface area contributed by atoms with Crippen LogP contribution in [0.5, 0.6) is 0 Å². The molecule has 6 nitrogen and oxygen atoms in total. The maximum absolute atomic E-state index is 12.0. The lowest BCUT2D eigenvalue weighted by Gasteiger charge is -2.21. The van der Waals surface area contributed by atoms with Crippen LogP contribution in [0.25, 0.3) is 0 Å². The van der Waals surface area contributed by atoms with Gasteiger partial charge in [-0.1, -0.05) is 18.3 Å². The molecule has 1 aliphatic heterocycles. The van der Waals surface area contributed by atoms with Crippen molar-refractivity contribution in [3.63, 3.8) is 0 Å². The van der Waals surface area contributed by atoms with Crippen LogP contribution < -0.4 is 5.32 Å². The number of carbonyl (C=O) groups excluding carboxylic acids is 2. The lowest BCUT2D eigenvalue weighted by atomic mass is 10.2. The van der Waals surface area contributed by atoms with Crippen molar-refractivity contribution in [2.45, 2.75) is 19.4 Å². The maximum atomic E-state index is 12.0. The fourth-order valence-electron chi connectivity index (χ4n) is 1.52. The molecular formula is C9H12N4O2S2. The van der Waals surface area contributed by atoms with Gasteiger partial charge in [0.1, 0.15) is 11.6 Å². The van der Waals surface area contributed by atoms with E-state index in [0.717, 1.165) is 0 Å². The molecule has 1 aromatic heterocycles. The quantitative estimate of drug-likeness (QED) is 0.880. The zero-order valence-corrected chi connectivity index (χ0v) is 10.9. The summed E-state index contributed by atoms with van der Waals surface area (Å²) < 4.78 is 0. The Hall–Kier alpha value is -1.15. The van der Waals surface area contributed by atoms with Crippen molar-refractivity contribution < 1.29 is 9.59 Å². The fraction of sp³-hybridized carbons (Fsp3) is 0.556. The third-order valence-corrected chi connectivity index (χ3v) is 4.02. The molecule has 1 unspecified atom stereocenters. The van der Waals surface area contributed by atoms with Gasteiger partial charge in [0.25, 0.3) is 0 Å². The zero-order chi connectivity index (χ0) is 12.3. The topological polar surface area (TPSA) is 75.2 Å². The molecule has 0 saturated carbocycles. The first kappa shape index (κ1) is 12.3. The number of hydrogen-bond acceptors (Lipinski definition) is 6. The van der Waals surface area contributed by atoms with Gasteiger partial charge in [-0.3, -0.25) is 14.9 Å². The van der Waals surface area contributed by atoms with Gasteiger partial charge in [0.15, 0.2) is 0 Å². The van der Waals surface area contributed by atoms with Gasteiger partial charge in [-0.05, 0) is 0 Å². The number of amides is 2. The Balaban J connectivity index is 2.01. The molecule has 92 valence electrons. The normalized spacial score (nSPS) is 19.4. The standard InChI is InChI=1S/C9H12N4O2S2/c1-2-7(14)13-5-16-3-6(13)8(15)11-9-12-10-4-17-9/h4,6H,2-3,5H2,1H3,(H,11,12,15). The highest BCUT2D eigenvalue weighted by Crippen LogP contribution is 2.23. The van der Waals surface area contributed by atoms with Crippen LogP contribution in [0.1, 0.15) is 13.3 Å². The van der Waals surface area contributed by atoms with Crippen molar-refractivity contribution in [1.29, 1.82) is 0 Å². The Morgan fingerprint density at radius 3 is 3.12 bits per heavy atom. The van der Waals surface area contributed by atoms with Crippen LogP contribution in [0.2, 0.25) is 0 Å². The van der Waals surface area contributed by atoms with E-state index in [2.05, 4.69) is 15.5 Å². The van der Waals surface area contributed by atoms with Crippen molar-refractivity contribution >= 4 is 40.0 Å². The molecule has 1 atom stereocenters. The summed E-state index contributed by atoms with van der Waals surface area (Å²) in [6.07, 6.45) is 0.420. The van der Waals surface area contributed by atoms with Gasteiger partial charge >= 0.3 is 0 Å². The van der Waals surface area contributed by atoms with Gasteiger partial charge < -0.3 is 4.90 Å². The van der Waals surface area contributed by atoms with E-state index in [4.69, 9.17) is 0 Å². The zero-order valence-electron chi connectivity index (χ0n) is 9.25. The molecule has 1 aliphatic rings. The van der Waals surface area contributed by atoms with Crippen molar-refractivity contribution in [2.24, 2.45) is 0 Å². The second kappa shape index (κ2) is 5.46. The average molecular weight is 272 g/mol. The van der Waals surface area contributed by atoms with E-state index >= 15 is 0 Å². The highest BCUT2D eigenvalue weighted by atomic mass is 32.2. The summed E-state index contributed by atoms with van der Waals surface area (Å²) in [5, 5.41) is 10.5. The minimum Gasteiger partial charge on any atom is -0.321 e. The third-order valence-electron chi connectivity index (χ3n) is 2.40. The van der Waals surface area contributed by atoms with E-state index < -0.39 is 6.04 Å². The Bertz CT molecular complexity index is 409. The van der Waals surface area contributed by atoms with Gasteiger partial charge in [0.05, 0.1) is 5.88 Å². The summed E-state index contributed by atoms with van der Waals surface area (Å²) in [6, 6.07) is -0.392. The number of aromatic nitrogens is 2. The molecule has 8 heteroatoms. The molecule has 1 N–H and O–H groups in total. The van der Waals surface area contributed by atoms with Crippen molar-refractivity contribution in [2.75, 3.05) is 16.9 Å². The van der Waals surface area contributed by atoms with Crippen LogP contribution in [-0.4, -0.2) is 44.6 Å². The Morgan fingerprint density at radius 1 is 1.65 bits per heavy atom. The number of thioether (sulfide) groups is 1. The average Bonchev–Trinajstić information content (AvgIpc) is 2.97. The molecule has 1 saturated heterocycles. The summed E-state index contributed by atoms with van der Waals surface area (Å²) in [5.41, 5.74) is 1.55. The molecule has 17 heavy (non-hydrogen) atoms. The molecule has 0 aliphatic carbocycles. The van der Waals surface area contributed by atoms with E-state index in [1.54, 1.807) is 29.1 Å². The first-order valence-corrected chi connectivity index (χ1v) is 7.20. The number of carbonyl (C=O) groups is 2. The van der Waals surface area contributed by atoms with Crippen LogP contribution in [-0.2, 0) is 9.59 Å². The highest BCUT2D eigenvalue weighted by molar-refractivity contribution is 7.99. The van der Waals surface area contributed by atoms with Crippen molar-refractivity contribution in [3.8, 4) is 0 Å². The fourth-order valence-corrected chi connectivity index (χ4v) is 3.15. The SMILES string of the molecule is CCC(=O)N1CSCC1C(=O)Nc1nncs1. The van der Waals surface area contributed by atoms with Crippen LogP contribution in [0.4, 0.5) is 5.13 Å². The first-order valence-electron chi connectivity index (χ1n) is 5.16. The van der Waals surface area contributed by atoms with Gasteiger partial charge in [0.2, 0.25) is 16.9 Å². The summed E-state index contributed by atoms with van der Waals surface area (Å²) in [7, 11) is 0. The van der Waals surface area contributed by atoms with E-state index in [-0.39, 0.29) is 11.8 Å². The van der Waals surface area contributed by atoms with E-state index in [1.807, 2.05) is 0 Å². The smallest absolute Gasteiger partial charge is 0.249 e.